The van der Waals surface area contributed by atoms with E-state index < -0.39 is 0 Å². The van der Waals surface area contributed by atoms with Crippen molar-refractivity contribution in [2.45, 2.75) is 6.54 Å². The molecule has 96 valence electrons. The molecule has 18 heavy (non-hydrogen) atoms. The van der Waals surface area contributed by atoms with E-state index >= 15 is 0 Å². The maximum absolute atomic E-state index is 4.99. The Kier molecular flexibility index (Phi) is 3.06. The van der Waals surface area contributed by atoms with Crippen molar-refractivity contribution in [2.75, 3.05) is 33.3 Å². The van der Waals surface area contributed by atoms with Crippen LogP contribution in [0.4, 0.5) is 0 Å². The van der Waals surface area contributed by atoms with Crippen LogP contribution in [0.3, 0.4) is 0 Å². The number of benzene rings is 1. The van der Waals surface area contributed by atoms with E-state index in [4.69, 9.17) is 4.84 Å². The highest BCUT2D eigenvalue weighted by molar-refractivity contribution is 5.95. The highest BCUT2D eigenvalue weighted by Gasteiger charge is 2.48. The number of hydrogen-bond acceptors (Lipinski definition) is 4. The fourth-order valence-corrected chi connectivity index (χ4v) is 2.89. The second-order valence-corrected chi connectivity index (χ2v) is 5.24. The molecule has 0 aliphatic carbocycles. The van der Waals surface area contributed by atoms with Crippen molar-refractivity contribution in [2.24, 2.45) is 10.6 Å². The minimum absolute atomic E-state index is 0.227. The van der Waals surface area contributed by atoms with E-state index in [2.05, 4.69) is 45.7 Å². The van der Waals surface area contributed by atoms with Crippen LogP contribution in [-0.2, 0) is 11.4 Å². The minimum atomic E-state index is 0.227. The van der Waals surface area contributed by atoms with Crippen LogP contribution >= 0.6 is 0 Å². The molecule has 1 N–H and O–H groups in total. The van der Waals surface area contributed by atoms with Gasteiger partial charge in [0.1, 0.15) is 7.11 Å². The molecule has 2 heterocycles. The summed E-state index contributed by atoms with van der Waals surface area (Å²) in [5.41, 5.74) is 2.78. The van der Waals surface area contributed by atoms with Crippen molar-refractivity contribution in [1.29, 1.82) is 0 Å². The molecule has 1 aromatic rings. The first-order valence-electron chi connectivity index (χ1n) is 6.40. The maximum atomic E-state index is 4.99. The number of oxime groups is 1. The third kappa shape index (κ3) is 2.02. The average molecular weight is 245 g/mol. The van der Waals surface area contributed by atoms with Gasteiger partial charge in [-0.15, -0.1) is 0 Å². The van der Waals surface area contributed by atoms with Crippen LogP contribution in [0.5, 0.6) is 0 Å². The quantitative estimate of drug-likeness (QED) is 0.810. The Labute approximate surface area is 108 Å². The maximum Gasteiger partial charge on any atom is 0.106 e. The molecule has 2 aliphatic heterocycles. The lowest BCUT2D eigenvalue weighted by Gasteiger charge is -2.39. The lowest BCUT2D eigenvalue weighted by Crippen LogP contribution is -2.58. The molecule has 4 nitrogen and oxygen atoms in total. The summed E-state index contributed by atoms with van der Waals surface area (Å²) in [6.45, 7) is 5.05. The summed E-state index contributed by atoms with van der Waals surface area (Å²) in [5, 5.41) is 7.58. The van der Waals surface area contributed by atoms with E-state index in [1.807, 2.05) is 0 Å². The summed E-state index contributed by atoms with van der Waals surface area (Å²) in [7, 11) is 1.63. The molecular formula is C14H19N3O. The van der Waals surface area contributed by atoms with Gasteiger partial charge in [0.25, 0.3) is 0 Å². The zero-order valence-electron chi connectivity index (χ0n) is 10.7. The molecule has 0 aromatic heterocycles. The fraction of sp³-hybridized carbons (Fsp3) is 0.500. The van der Waals surface area contributed by atoms with Gasteiger partial charge in [-0.1, -0.05) is 35.5 Å². The fourth-order valence-electron chi connectivity index (χ4n) is 2.89. The lowest BCUT2D eigenvalue weighted by atomic mass is 9.79. The van der Waals surface area contributed by atoms with Gasteiger partial charge in [0.2, 0.25) is 0 Å². The smallest absolute Gasteiger partial charge is 0.106 e. The Bertz CT molecular complexity index is 440. The zero-order valence-corrected chi connectivity index (χ0v) is 10.7. The van der Waals surface area contributed by atoms with Crippen molar-refractivity contribution >= 4 is 5.71 Å². The first-order chi connectivity index (χ1) is 8.82. The summed E-state index contributed by atoms with van der Waals surface area (Å²) in [6, 6.07) is 10.6. The lowest BCUT2D eigenvalue weighted by molar-refractivity contribution is 0.188. The summed E-state index contributed by atoms with van der Waals surface area (Å²) < 4.78 is 0. The van der Waals surface area contributed by atoms with Crippen molar-refractivity contribution in [3.63, 3.8) is 0 Å². The van der Waals surface area contributed by atoms with Crippen molar-refractivity contribution in [1.82, 2.24) is 10.2 Å². The molecule has 0 bridgehead atoms. The second kappa shape index (κ2) is 4.71. The van der Waals surface area contributed by atoms with E-state index in [0.29, 0.717) is 0 Å². The van der Waals surface area contributed by atoms with Gasteiger partial charge in [0.15, 0.2) is 0 Å². The average Bonchev–Trinajstić information content (AvgIpc) is 2.69. The normalized spacial score (nSPS) is 24.4. The van der Waals surface area contributed by atoms with Crippen molar-refractivity contribution in [3.8, 4) is 0 Å². The standard InChI is InChI=1S/C14H19N3O/c1-18-16-13-8-17(11-14(13)9-15-10-14)7-12-5-3-2-4-6-12/h2-6,15H,7-11H2,1H3/b16-13-. The van der Waals surface area contributed by atoms with Crippen LogP contribution in [0.25, 0.3) is 0 Å². The molecule has 0 saturated carbocycles. The van der Waals surface area contributed by atoms with E-state index in [9.17, 15) is 0 Å². The van der Waals surface area contributed by atoms with Crippen molar-refractivity contribution < 1.29 is 4.84 Å². The third-order valence-electron chi connectivity index (χ3n) is 3.89. The van der Waals surface area contributed by atoms with E-state index in [1.165, 1.54) is 11.3 Å². The summed E-state index contributed by atoms with van der Waals surface area (Å²) in [6.07, 6.45) is 0. The third-order valence-corrected chi connectivity index (χ3v) is 3.89. The molecule has 0 atom stereocenters. The molecule has 1 aromatic carbocycles. The van der Waals surface area contributed by atoms with E-state index in [1.54, 1.807) is 7.11 Å². The molecule has 3 rings (SSSR count). The Morgan fingerprint density at radius 1 is 1.33 bits per heavy atom. The highest BCUT2D eigenvalue weighted by Crippen LogP contribution is 2.33. The number of rotatable bonds is 3. The van der Waals surface area contributed by atoms with Gasteiger partial charge in [-0.25, -0.2) is 0 Å². The molecule has 2 saturated heterocycles. The second-order valence-electron chi connectivity index (χ2n) is 5.24. The SMILES string of the molecule is CO/N=C1/CN(Cc2ccccc2)CC12CNC2. The number of nitrogens with zero attached hydrogens (tertiary/aromatic N) is 2. The van der Waals surface area contributed by atoms with Crippen LogP contribution in [0.15, 0.2) is 35.5 Å². The summed E-state index contributed by atoms with van der Waals surface area (Å²) in [5.74, 6) is 0. The zero-order chi connectivity index (χ0) is 12.4. The van der Waals surface area contributed by atoms with Gasteiger partial charge >= 0.3 is 0 Å². The Hall–Kier alpha value is -1.39. The molecule has 4 heteroatoms. The minimum Gasteiger partial charge on any atom is -0.399 e. The molecule has 0 radical (unpaired) electrons. The predicted octanol–water partition coefficient (Wildman–Crippen LogP) is 1.09. The Morgan fingerprint density at radius 2 is 2.11 bits per heavy atom. The highest BCUT2D eigenvalue weighted by atomic mass is 16.6. The molecule has 2 aliphatic rings. The van der Waals surface area contributed by atoms with Crippen LogP contribution in [0.2, 0.25) is 0 Å². The topological polar surface area (TPSA) is 36.9 Å². The number of hydrogen-bond donors (Lipinski definition) is 1. The van der Waals surface area contributed by atoms with Gasteiger partial charge in [-0.3, -0.25) is 4.90 Å². The Morgan fingerprint density at radius 3 is 2.72 bits per heavy atom. The van der Waals surface area contributed by atoms with Gasteiger partial charge < -0.3 is 10.2 Å². The molecule has 1 spiro atoms. The van der Waals surface area contributed by atoms with Gasteiger partial charge in [-0.05, 0) is 5.56 Å². The number of likely N-dealkylation sites (tertiary alicyclic amines) is 1. The van der Waals surface area contributed by atoms with Crippen molar-refractivity contribution in [3.05, 3.63) is 35.9 Å². The van der Waals surface area contributed by atoms with Gasteiger partial charge in [0.05, 0.1) is 11.1 Å². The molecular weight excluding hydrogens is 226 g/mol. The molecule has 0 unspecified atom stereocenters. The summed E-state index contributed by atoms with van der Waals surface area (Å²) in [4.78, 5) is 7.44. The number of nitrogens with one attached hydrogen (secondary N) is 1. The van der Waals surface area contributed by atoms with Crippen LogP contribution < -0.4 is 5.32 Å². The first-order valence-corrected chi connectivity index (χ1v) is 6.40. The monoisotopic (exact) mass is 245 g/mol. The first kappa shape index (κ1) is 11.7. The van der Waals surface area contributed by atoms with E-state index in [-0.39, 0.29) is 5.41 Å². The van der Waals surface area contributed by atoms with Gasteiger partial charge in [0, 0.05) is 32.7 Å². The molecule has 0 amide bonds. The summed E-state index contributed by atoms with van der Waals surface area (Å²) >= 11 is 0. The largest absolute Gasteiger partial charge is 0.399 e. The molecule has 2 fully saturated rings. The predicted molar refractivity (Wildman–Crippen MR) is 71.5 cm³/mol. The van der Waals surface area contributed by atoms with E-state index in [0.717, 1.165) is 32.7 Å². The van der Waals surface area contributed by atoms with Crippen LogP contribution in [0, 0.1) is 5.41 Å². The Balaban J connectivity index is 1.71. The van der Waals surface area contributed by atoms with Crippen LogP contribution in [-0.4, -0.2) is 43.9 Å². The van der Waals surface area contributed by atoms with Crippen LogP contribution in [0.1, 0.15) is 5.56 Å². The van der Waals surface area contributed by atoms with Gasteiger partial charge in [-0.2, -0.15) is 0 Å².